The fourth-order valence-electron chi connectivity index (χ4n) is 1.81. The second-order valence-electron chi connectivity index (χ2n) is 4.08. The average Bonchev–Trinajstić information content (AvgIpc) is 2.47. The molecule has 20 heavy (non-hydrogen) atoms. The van der Waals surface area contributed by atoms with Crippen molar-refractivity contribution in [1.82, 2.24) is 0 Å². The molecule has 2 aromatic carbocycles. The van der Waals surface area contributed by atoms with Gasteiger partial charge in [0, 0.05) is 5.56 Å². The molecule has 0 fully saturated rings. The number of rotatable bonds is 3. The van der Waals surface area contributed by atoms with Gasteiger partial charge in [0.15, 0.2) is 6.29 Å². The van der Waals surface area contributed by atoms with Crippen LogP contribution in [0.1, 0.15) is 20.7 Å². The molecule has 0 radical (unpaired) electrons. The number of phenols is 1. The second kappa shape index (κ2) is 5.52. The normalized spacial score (nSPS) is 10.1. The second-order valence-corrected chi connectivity index (χ2v) is 4.08. The highest BCUT2D eigenvalue weighted by Gasteiger charge is 2.12. The Morgan fingerprint density at radius 2 is 2.00 bits per heavy atom. The number of aldehydes is 1. The van der Waals surface area contributed by atoms with E-state index < -0.39 is 11.8 Å². The summed E-state index contributed by atoms with van der Waals surface area (Å²) in [4.78, 5) is 22.2. The van der Waals surface area contributed by atoms with Crippen LogP contribution in [0.15, 0.2) is 36.4 Å². The van der Waals surface area contributed by atoms with Crippen molar-refractivity contribution >= 4 is 12.3 Å². The van der Waals surface area contributed by atoms with Crippen LogP contribution in [0.2, 0.25) is 0 Å². The van der Waals surface area contributed by atoms with Gasteiger partial charge in [-0.05, 0) is 35.9 Å². The first-order valence-corrected chi connectivity index (χ1v) is 5.73. The number of carbonyl (C=O) groups is 2. The molecule has 0 bridgehead atoms. The molecule has 4 nitrogen and oxygen atoms in total. The standard InChI is InChI=1S/C15H11FO4/c1-20-15(19)10-2-4-13(16)12(7-10)9-3-5-14(18)11(6-9)8-17/h2-8,18H,1H3. The van der Waals surface area contributed by atoms with E-state index in [1.807, 2.05) is 0 Å². The summed E-state index contributed by atoms with van der Waals surface area (Å²) in [7, 11) is 1.23. The molecule has 2 rings (SSSR count). The molecule has 0 amide bonds. The van der Waals surface area contributed by atoms with Crippen LogP contribution >= 0.6 is 0 Å². The van der Waals surface area contributed by atoms with Gasteiger partial charge in [-0.3, -0.25) is 4.79 Å². The van der Waals surface area contributed by atoms with E-state index in [1.165, 1.54) is 37.4 Å². The number of halogens is 1. The molecule has 0 spiro atoms. The maximum atomic E-state index is 13.9. The first-order chi connectivity index (χ1) is 9.56. The van der Waals surface area contributed by atoms with Crippen molar-refractivity contribution in [2.45, 2.75) is 0 Å². The van der Waals surface area contributed by atoms with Crippen molar-refractivity contribution in [3.8, 4) is 16.9 Å². The minimum Gasteiger partial charge on any atom is -0.507 e. The van der Waals surface area contributed by atoms with Gasteiger partial charge in [-0.25, -0.2) is 9.18 Å². The van der Waals surface area contributed by atoms with Crippen LogP contribution in [0.5, 0.6) is 5.75 Å². The third-order valence-electron chi connectivity index (χ3n) is 2.85. The predicted molar refractivity (Wildman–Crippen MR) is 70.2 cm³/mol. The highest BCUT2D eigenvalue weighted by atomic mass is 19.1. The van der Waals surface area contributed by atoms with E-state index >= 15 is 0 Å². The summed E-state index contributed by atoms with van der Waals surface area (Å²) < 4.78 is 18.4. The summed E-state index contributed by atoms with van der Waals surface area (Å²) in [6, 6.07) is 7.90. The van der Waals surface area contributed by atoms with E-state index in [2.05, 4.69) is 4.74 Å². The Morgan fingerprint density at radius 3 is 2.65 bits per heavy atom. The number of methoxy groups -OCH3 is 1. The predicted octanol–water partition coefficient (Wildman–Crippen LogP) is 2.80. The summed E-state index contributed by atoms with van der Waals surface area (Å²) in [6.45, 7) is 0. The van der Waals surface area contributed by atoms with Crippen molar-refractivity contribution in [3.05, 3.63) is 53.3 Å². The Balaban J connectivity index is 2.56. The molecule has 5 heteroatoms. The molecule has 2 aromatic rings. The van der Waals surface area contributed by atoms with E-state index in [4.69, 9.17) is 0 Å². The minimum absolute atomic E-state index is 0.0466. The van der Waals surface area contributed by atoms with Gasteiger partial charge in [-0.15, -0.1) is 0 Å². The van der Waals surface area contributed by atoms with Gasteiger partial charge < -0.3 is 9.84 Å². The molecular weight excluding hydrogens is 263 g/mol. The lowest BCUT2D eigenvalue weighted by molar-refractivity contribution is 0.0600. The van der Waals surface area contributed by atoms with Crippen molar-refractivity contribution < 1.29 is 23.8 Å². The molecule has 0 aliphatic heterocycles. The summed E-state index contributed by atoms with van der Waals surface area (Å²) in [5.41, 5.74) is 0.777. The Hall–Kier alpha value is -2.69. The summed E-state index contributed by atoms with van der Waals surface area (Å²) in [5, 5.41) is 9.43. The van der Waals surface area contributed by atoms with E-state index in [0.29, 0.717) is 11.8 Å². The highest BCUT2D eigenvalue weighted by Crippen LogP contribution is 2.28. The lowest BCUT2D eigenvalue weighted by atomic mass is 10.00. The van der Waals surface area contributed by atoms with Gasteiger partial charge in [-0.2, -0.15) is 0 Å². The summed E-state index contributed by atoms with van der Waals surface area (Å²) in [6.07, 6.45) is 0.473. The number of carbonyl (C=O) groups excluding carboxylic acids is 2. The first kappa shape index (κ1) is 13.7. The summed E-state index contributed by atoms with van der Waals surface area (Å²) in [5.74, 6) is -1.31. The van der Waals surface area contributed by atoms with E-state index in [0.717, 1.165) is 6.07 Å². The fraction of sp³-hybridized carbons (Fsp3) is 0.0667. The number of hydrogen-bond acceptors (Lipinski definition) is 4. The van der Waals surface area contributed by atoms with Gasteiger partial charge in [0.25, 0.3) is 0 Å². The fourth-order valence-corrected chi connectivity index (χ4v) is 1.81. The molecule has 0 saturated heterocycles. The van der Waals surface area contributed by atoms with Gasteiger partial charge >= 0.3 is 5.97 Å². The van der Waals surface area contributed by atoms with Gasteiger partial charge in [0.1, 0.15) is 11.6 Å². The molecule has 0 saturated carbocycles. The lowest BCUT2D eigenvalue weighted by Gasteiger charge is -2.07. The zero-order valence-electron chi connectivity index (χ0n) is 10.6. The molecule has 102 valence electrons. The van der Waals surface area contributed by atoms with Crippen molar-refractivity contribution in [2.24, 2.45) is 0 Å². The van der Waals surface area contributed by atoms with Crippen LogP contribution in [-0.4, -0.2) is 24.5 Å². The van der Waals surface area contributed by atoms with Gasteiger partial charge in [-0.1, -0.05) is 6.07 Å². The van der Waals surface area contributed by atoms with Crippen molar-refractivity contribution in [2.75, 3.05) is 7.11 Å². The van der Waals surface area contributed by atoms with Crippen LogP contribution in [-0.2, 0) is 4.74 Å². The minimum atomic E-state index is -0.583. The number of ether oxygens (including phenoxy) is 1. The van der Waals surface area contributed by atoms with Crippen LogP contribution in [0.3, 0.4) is 0 Å². The van der Waals surface area contributed by atoms with Crippen LogP contribution in [0.25, 0.3) is 11.1 Å². The summed E-state index contributed by atoms with van der Waals surface area (Å²) >= 11 is 0. The Labute approximate surface area is 114 Å². The molecule has 0 aliphatic carbocycles. The molecule has 0 aromatic heterocycles. The van der Waals surface area contributed by atoms with Crippen LogP contribution < -0.4 is 0 Å². The smallest absolute Gasteiger partial charge is 0.337 e. The lowest BCUT2D eigenvalue weighted by Crippen LogP contribution is -2.02. The van der Waals surface area contributed by atoms with Gasteiger partial charge in [0.2, 0.25) is 0 Å². The quantitative estimate of drug-likeness (QED) is 0.690. The number of hydrogen-bond donors (Lipinski definition) is 1. The number of benzene rings is 2. The topological polar surface area (TPSA) is 63.6 Å². The Bertz CT molecular complexity index is 680. The van der Waals surface area contributed by atoms with Gasteiger partial charge in [0.05, 0.1) is 18.2 Å². The first-order valence-electron chi connectivity index (χ1n) is 5.73. The number of phenolic OH excluding ortho intramolecular Hbond substituents is 1. The third-order valence-corrected chi connectivity index (χ3v) is 2.85. The highest BCUT2D eigenvalue weighted by molar-refractivity contribution is 5.91. The maximum absolute atomic E-state index is 13.9. The third kappa shape index (κ3) is 2.51. The number of esters is 1. The Morgan fingerprint density at radius 1 is 1.25 bits per heavy atom. The zero-order chi connectivity index (χ0) is 14.7. The molecule has 0 heterocycles. The number of aromatic hydroxyl groups is 1. The molecular formula is C15H11FO4. The molecule has 0 unspecified atom stereocenters. The van der Waals surface area contributed by atoms with E-state index in [-0.39, 0.29) is 22.4 Å². The van der Waals surface area contributed by atoms with Crippen LogP contribution in [0.4, 0.5) is 4.39 Å². The maximum Gasteiger partial charge on any atom is 0.337 e. The molecule has 0 aliphatic rings. The van der Waals surface area contributed by atoms with E-state index in [1.54, 1.807) is 0 Å². The largest absolute Gasteiger partial charge is 0.507 e. The zero-order valence-corrected chi connectivity index (χ0v) is 10.6. The van der Waals surface area contributed by atoms with E-state index in [9.17, 15) is 19.1 Å². The SMILES string of the molecule is COC(=O)c1ccc(F)c(-c2ccc(O)c(C=O)c2)c1. The molecule has 1 N–H and O–H groups in total. The monoisotopic (exact) mass is 274 g/mol. The average molecular weight is 274 g/mol. The Kier molecular flexibility index (Phi) is 3.79. The molecule has 0 atom stereocenters. The van der Waals surface area contributed by atoms with Crippen LogP contribution in [0, 0.1) is 5.82 Å². The van der Waals surface area contributed by atoms with Crippen molar-refractivity contribution in [1.29, 1.82) is 0 Å². The van der Waals surface area contributed by atoms with Crippen molar-refractivity contribution in [3.63, 3.8) is 0 Å².